The molecule has 3 heteroatoms. The first-order valence-electron chi connectivity index (χ1n) is 6.99. The molecule has 102 valence electrons. The van der Waals surface area contributed by atoms with Crippen molar-refractivity contribution >= 4 is 0 Å². The smallest absolute Gasteiger partial charge is 0.0839 e. The number of nitrogens with two attached hydrogens (primary N) is 1. The fraction of sp³-hybridized carbons (Fsp3) is 1.00. The van der Waals surface area contributed by atoms with Crippen LogP contribution in [0.2, 0.25) is 0 Å². The van der Waals surface area contributed by atoms with Crippen molar-refractivity contribution in [2.45, 2.75) is 71.2 Å². The van der Waals surface area contributed by atoms with Crippen LogP contribution < -0.4 is 5.73 Å². The summed E-state index contributed by atoms with van der Waals surface area (Å²) < 4.78 is 6.19. The Morgan fingerprint density at radius 1 is 1.29 bits per heavy atom. The van der Waals surface area contributed by atoms with Gasteiger partial charge in [0.2, 0.25) is 0 Å². The van der Waals surface area contributed by atoms with Gasteiger partial charge >= 0.3 is 0 Å². The van der Waals surface area contributed by atoms with Crippen LogP contribution in [0.5, 0.6) is 0 Å². The van der Waals surface area contributed by atoms with Crippen LogP contribution in [-0.4, -0.2) is 29.5 Å². The summed E-state index contributed by atoms with van der Waals surface area (Å²) in [5.74, 6) is 1.10. The molecular weight excluding hydrogens is 214 g/mol. The number of hydrogen-bond donors (Lipinski definition) is 2. The Hall–Kier alpha value is -0.120. The molecule has 1 aliphatic rings. The third-order valence-corrected chi connectivity index (χ3v) is 4.29. The molecule has 1 saturated carbocycles. The number of hydrogen-bond acceptors (Lipinski definition) is 3. The Morgan fingerprint density at radius 3 is 2.41 bits per heavy atom. The van der Waals surface area contributed by atoms with Crippen molar-refractivity contribution in [2.24, 2.45) is 17.6 Å². The molecule has 0 heterocycles. The minimum Gasteiger partial charge on any atom is -0.391 e. The monoisotopic (exact) mass is 243 g/mol. The molecule has 0 bridgehead atoms. The van der Waals surface area contributed by atoms with E-state index < -0.39 is 6.10 Å². The second-order valence-electron chi connectivity index (χ2n) is 5.93. The minimum atomic E-state index is -0.437. The first kappa shape index (κ1) is 14.9. The van der Waals surface area contributed by atoms with E-state index in [1.165, 1.54) is 19.3 Å². The highest BCUT2D eigenvalue weighted by Crippen LogP contribution is 2.41. The average Bonchev–Trinajstić information content (AvgIpc) is 2.29. The largest absolute Gasteiger partial charge is 0.391 e. The molecule has 4 unspecified atom stereocenters. The zero-order valence-corrected chi connectivity index (χ0v) is 11.8. The quantitative estimate of drug-likeness (QED) is 0.779. The molecule has 0 amide bonds. The van der Waals surface area contributed by atoms with Crippen LogP contribution in [0.15, 0.2) is 0 Å². The lowest BCUT2D eigenvalue weighted by Gasteiger charge is -2.47. The number of aliphatic hydroxyl groups excluding tert-OH is 1. The summed E-state index contributed by atoms with van der Waals surface area (Å²) in [6, 6.07) is 0. The van der Waals surface area contributed by atoms with Crippen LogP contribution in [0.4, 0.5) is 0 Å². The summed E-state index contributed by atoms with van der Waals surface area (Å²) in [5.41, 5.74) is 5.79. The maximum absolute atomic E-state index is 9.62. The molecule has 0 saturated heterocycles. The standard InChI is InChI=1S/C14H29NO2/c1-10(2)13-7-5-6-8-14(13,9-15)17-12(4)11(3)16/h10-13,16H,5-9,15H2,1-4H3. The summed E-state index contributed by atoms with van der Waals surface area (Å²) in [6.07, 6.45) is 4.11. The number of rotatable bonds is 5. The Balaban J connectivity index is 2.82. The van der Waals surface area contributed by atoms with Crippen molar-refractivity contribution in [2.75, 3.05) is 6.54 Å². The van der Waals surface area contributed by atoms with Crippen LogP contribution >= 0.6 is 0 Å². The first-order chi connectivity index (χ1) is 7.93. The molecule has 0 aromatic carbocycles. The lowest BCUT2D eigenvalue weighted by Crippen LogP contribution is -2.53. The van der Waals surface area contributed by atoms with Gasteiger partial charge in [0.1, 0.15) is 0 Å². The normalized spacial score (nSPS) is 33.7. The summed E-state index contributed by atoms with van der Waals surface area (Å²) in [6.45, 7) is 8.77. The summed E-state index contributed by atoms with van der Waals surface area (Å²) in [7, 11) is 0. The number of ether oxygens (including phenoxy) is 1. The van der Waals surface area contributed by atoms with Crippen molar-refractivity contribution < 1.29 is 9.84 Å². The maximum Gasteiger partial charge on any atom is 0.0839 e. The molecule has 1 aliphatic carbocycles. The second kappa shape index (κ2) is 6.17. The molecule has 0 spiro atoms. The van der Waals surface area contributed by atoms with Crippen LogP contribution in [0.25, 0.3) is 0 Å². The van der Waals surface area contributed by atoms with E-state index in [0.717, 1.165) is 6.42 Å². The van der Waals surface area contributed by atoms with Gasteiger partial charge in [0.25, 0.3) is 0 Å². The van der Waals surface area contributed by atoms with E-state index >= 15 is 0 Å². The summed E-state index contributed by atoms with van der Waals surface area (Å²) >= 11 is 0. The minimum absolute atomic E-state index is 0.141. The lowest BCUT2D eigenvalue weighted by atomic mass is 9.70. The van der Waals surface area contributed by atoms with Crippen molar-refractivity contribution in [1.82, 2.24) is 0 Å². The predicted molar refractivity (Wildman–Crippen MR) is 70.8 cm³/mol. The molecule has 1 fully saturated rings. The lowest BCUT2D eigenvalue weighted by molar-refractivity contribution is -0.168. The van der Waals surface area contributed by atoms with E-state index in [4.69, 9.17) is 10.5 Å². The Morgan fingerprint density at radius 2 is 1.94 bits per heavy atom. The van der Waals surface area contributed by atoms with Gasteiger partial charge in [-0.1, -0.05) is 26.7 Å². The highest BCUT2D eigenvalue weighted by Gasteiger charge is 2.43. The molecule has 4 atom stereocenters. The zero-order chi connectivity index (χ0) is 13.1. The summed E-state index contributed by atoms with van der Waals surface area (Å²) in [5, 5.41) is 9.62. The molecule has 0 radical (unpaired) electrons. The Bertz CT molecular complexity index is 230. The van der Waals surface area contributed by atoms with Crippen LogP contribution in [0.1, 0.15) is 53.4 Å². The zero-order valence-electron chi connectivity index (χ0n) is 11.8. The Labute approximate surface area is 106 Å². The predicted octanol–water partition coefficient (Wildman–Crippen LogP) is 2.32. The van der Waals surface area contributed by atoms with Gasteiger partial charge in [-0.2, -0.15) is 0 Å². The molecule has 3 nitrogen and oxygen atoms in total. The van der Waals surface area contributed by atoms with Crippen molar-refractivity contribution in [1.29, 1.82) is 0 Å². The maximum atomic E-state index is 9.62. The van der Waals surface area contributed by atoms with Crippen LogP contribution in [-0.2, 0) is 4.74 Å². The van der Waals surface area contributed by atoms with Crippen molar-refractivity contribution in [3.05, 3.63) is 0 Å². The van der Waals surface area contributed by atoms with Crippen molar-refractivity contribution in [3.63, 3.8) is 0 Å². The van der Waals surface area contributed by atoms with Gasteiger partial charge in [-0.3, -0.25) is 0 Å². The summed E-state index contributed by atoms with van der Waals surface area (Å²) in [4.78, 5) is 0. The van der Waals surface area contributed by atoms with Crippen molar-refractivity contribution in [3.8, 4) is 0 Å². The Kier molecular flexibility index (Phi) is 5.42. The highest BCUT2D eigenvalue weighted by atomic mass is 16.5. The fourth-order valence-corrected chi connectivity index (χ4v) is 3.09. The molecular formula is C14H29NO2. The topological polar surface area (TPSA) is 55.5 Å². The van der Waals surface area contributed by atoms with Gasteiger partial charge < -0.3 is 15.6 Å². The average molecular weight is 243 g/mol. The first-order valence-corrected chi connectivity index (χ1v) is 6.99. The molecule has 0 aromatic rings. The van der Waals surface area contributed by atoms with E-state index in [9.17, 15) is 5.11 Å². The van der Waals surface area contributed by atoms with Gasteiger partial charge in [-0.15, -0.1) is 0 Å². The van der Waals surface area contributed by atoms with E-state index in [-0.39, 0.29) is 11.7 Å². The van der Waals surface area contributed by atoms with Gasteiger partial charge in [0.05, 0.1) is 17.8 Å². The van der Waals surface area contributed by atoms with Gasteiger partial charge in [0.15, 0.2) is 0 Å². The van der Waals surface area contributed by atoms with E-state index in [1.54, 1.807) is 6.92 Å². The molecule has 17 heavy (non-hydrogen) atoms. The molecule has 0 aliphatic heterocycles. The third-order valence-electron chi connectivity index (χ3n) is 4.29. The molecule has 1 rings (SSSR count). The number of aliphatic hydroxyl groups is 1. The SMILES string of the molecule is CC(C)C1CCCCC1(CN)OC(C)C(C)O. The van der Waals surface area contributed by atoms with E-state index in [0.29, 0.717) is 18.4 Å². The van der Waals surface area contributed by atoms with Gasteiger partial charge in [0, 0.05) is 6.54 Å². The fourth-order valence-electron chi connectivity index (χ4n) is 3.09. The molecule has 0 aromatic heterocycles. The highest BCUT2D eigenvalue weighted by molar-refractivity contribution is 4.95. The second-order valence-corrected chi connectivity index (χ2v) is 5.93. The third kappa shape index (κ3) is 3.43. The van der Waals surface area contributed by atoms with Gasteiger partial charge in [-0.25, -0.2) is 0 Å². The molecule has 3 N–H and O–H groups in total. The van der Waals surface area contributed by atoms with Crippen LogP contribution in [0, 0.1) is 11.8 Å². The van der Waals surface area contributed by atoms with E-state index in [1.807, 2.05) is 6.92 Å². The van der Waals surface area contributed by atoms with E-state index in [2.05, 4.69) is 13.8 Å². The van der Waals surface area contributed by atoms with Crippen LogP contribution in [0.3, 0.4) is 0 Å². The van der Waals surface area contributed by atoms with Gasteiger partial charge in [-0.05, 0) is 38.5 Å².